The van der Waals surface area contributed by atoms with Gasteiger partial charge in [-0.25, -0.2) is 4.79 Å². The molecule has 0 saturated carbocycles. The summed E-state index contributed by atoms with van der Waals surface area (Å²) in [6.45, 7) is 4.24. The Morgan fingerprint density at radius 3 is 2.11 bits per heavy atom. The maximum atomic E-state index is 11.6. The Morgan fingerprint density at radius 1 is 0.895 bits per heavy atom. The van der Waals surface area contributed by atoms with E-state index in [4.69, 9.17) is 0 Å². The van der Waals surface area contributed by atoms with Crippen LogP contribution >= 0.6 is 0 Å². The summed E-state index contributed by atoms with van der Waals surface area (Å²) in [4.78, 5) is 23.1. The lowest BCUT2D eigenvalue weighted by Gasteiger charge is -2.35. The largest absolute Gasteiger partial charge is 0.367 e. The highest BCUT2D eigenvalue weighted by Gasteiger charge is 2.20. The summed E-state index contributed by atoms with van der Waals surface area (Å²) in [5, 5.41) is 0. The molecule has 2 fully saturated rings. The standard InChI is InChI=1S/C14H22N4O/c19-14-15-11-12(17-7-3-1-4-8-17)13(16-14)18-9-5-2-6-10-18/h11H,1-10H2,(H,15,16,19). The maximum Gasteiger partial charge on any atom is 0.346 e. The maximum absolute atomic E-state index is 11.6. The van der Waals surface area contributed by atoms with Crippen LogP contribution < -0.4 is 15.5 Å². The third kappa shape index (κ3) is 2.74. The van der Waals surface area contributed by atoms with Crippen molar-refractivity contribution in [1.82, 2.24) is 9.97 Å². The van der Waals surface area contributed by atoms with Crippen molar-refractivity contribution in [3.05, 3.63) is 16.7 Å². The first-order chi connectivity index (χ1) is 9.34. The third-order valence-corrected chi connectivity index (χ3v) is 4.14. The van der Waals surface area contributed by atoms with Gasteiger partial charge >= 0.3 is 5.69 Å². The molecule has 2 aliphatic heterocycles. The normalized spacial score (nSPS) is 20.6. The Balaban J connectivity index is 1.91. The molecule has 3 heterocycles. The van der Waals surface area contributed by atoms with Crippen LogP contribution in [0.1, 0.15) is 38.5 Å². The minimum Gasteiger partial charge on any atom is -0.367 e. The van der Waals surface area contributed by atoms with E-state index in [1.807, 2.05) is 0 Å². The zero-order valence-corrected chi connectivity index (χ0v) is 11.4. The number of hydrogen-bond acceptors (Lipinski definition) is 4. The average Bonchev–Trinajstić information content (AvgIpc) is 2.49. The topological polar surface area (TPSA) is 52.2 Å². The van der Waals surface area contributed by atoms with Crippen LogP contribution in [0.25, 0.3) is 0 Å². The molecular weight excluding hydrogens is 240 g/mol. The molecule has 0 atom stereocenters. The SMILES string of the molecule is O=c1ncc(N2CCCCC2)c(N2CCCCC2)[nH]1. The zero-order valence-electron chi connectivity index (χ0n) is 11.4. The molecule has 0 aromatic carbocycles. The number of hydrogen-bond donors (Lipinski definition) is 1. The van der Waals surface area contributed by atoms with Crippen molar-refractivity contribution in [1.29, 1.82) is 0 Å². The fourth-order valence-electron chi connectivity index (χ4n) is 3.10. The predicted octanol–water partition coefficient (Wildman–Crippen LogP) is 1.75. The molecule has 0 bridgehead atoms. The van der Waals surface area contributed by atoms with Crippen molar-refractivity contribution in [2.45, 2.75) is 38.5 Å². The first-order valence-corrected chi connectivity index (χ1v) is 7.44. The van der Waals surface area contributed by atoms with Crippen LogP contribution in [0.2, 0.25) is 0 Å². The van der Waals surface area contributed by atoms with E-state index in [2.05, 4.69) is 19.8 Å². The monoisotopic (exact) mass is 262 g/mol. The van der Waals surface area contributed by atoms with Crippen LogP contribution in [0.5, 0.6) is 0 Å². The molecule has 5 heteroatoms. The van der Waals surface area contributed by atoms with Crippen molar-refractivity contribution < 1.29 is 0 Å². The second kappa shape index (κ2) is 5.63. The molecule has 0 aliphatic carbocycles. The fourth-order valence-corrected chi connectivity index (χ4v) is 3.10. The van der Waals surface area contributed by atoms with Gasteiger partial charge in [-0.2, -0.15) is 4.98 Å². The van der Waals surface area contributed by atoms with Crippen molar-refractivity contribution in [3.63, 3.8) is 0 Å². The molecule has 2 aliphatic rings. The van der Waals surface area contributed by atoms with Gasteiger partial charge in [0.25, 0.3) is 0 Å². The van der Waals surface area contributed by atoms with E-state index in [0.29, 0.717) is 0 Å². The lowest BCUT2D eigenvalue weighted by molar-refractivity contribution is 0.560. The second-order valence-electron chi connectivity index (χ2n) is 5.52. The first kappa shape index (κ1) is 12.5. The highest BCUT2D eigenvalue weighted by Crippen LogP contribution is 2.29. The molecule has 2 saturated heterocycles. The fraction of sp³-hybridized carbons (Fsp3) is 0.714. The number of rotatable bonds is 2. The average molecular weight is 262 g/mol. The molecule has 0 amide bonds. The van der Waals surface area contributed by atoms with Gasteiger partial charge in [0.05, 0.1) is 11.9 Å². The van der Waals surface area contributed by atoms with Gasteiger partial charge in [0.15, 0.2) is 0 Å². The van der Waals surface area contributed by atoms with Gasteiger partial charge in [0.1, 0.15) is 5.82 Å². The van der Waals surface area contributed by atoms with E-state index < -0.39 is 0 Å². The Kier molecular flexibility index (Phi) is 3.71. The van der Waals surface area contributed by atoms with E-state index in [-0.39, 0.29) is 5.69 Å². The molecule has 1 aromatic heterocycles. The van der Waals surface area contributed by atoms with Gasteiger partial charge < -0.3 is 9.80 Å². The molecule has 19 heavy (non-hydrogen) atoms. The predicted molar refractivity (Wildman–Crippen MR) is 77.0 cm³/mol. The highest BCUT2D eigenvalue weighted by atomic mass is 16.1. The number of piperidine rings is 2. The van der Waals surface area contributed by atoms with Crippen molar-refractivity contribution in [2.75, 3.05) is 36.0 Å². The number of anilines is 2. The van der Waals surface area contributed by atoms with Crippen LogP contribution in [0, 0.1) is 0 Å². The number of nitrogens with zero attached hydrogens (tertiary/aromatic N) is 3. The van der Waals surface area contributed by atoms with E-state index >= 15 is 0 Å². The van der Waals surface area contributed by atoms with Crippen molar-refractivity contribution in [2.24, 2.45) is 0 Å². The van der Waals surface area contributed by atoms with Crippen molar-refractivity contribution >= 4 is 11.5 Å². The summed E-state index contributed by atoms with van der Waals surface area (Å²) < 4.78 is 0. The molecule has 104 valence electrons. The Hall–Kier alpha value is -1.52. The highest BCUT2D eigenvalue weighted by molar-refractivity contribution is 5.66. The van der Waals surface area contributed by atoms with Crippen LogP contribution in [0.3, 0.4) is 0 Å². The quantitative estimate of drug-likeness (QED) is 0.882. The summed E-state index contributed by atoms with van der Waals surface area (Å²) in [5.74, 6) is 0.988. The number of aromatic nitrogens is 2. The summed E-state index contributed by atoms with van der Waals surface area (Å²) >= 11 is 0. The molecule has 1 aromatic rings. The van der Waals surface area contributed by atoms with Crippen LogP contribution in [0.15, 0.2) is 11.0 Å². The minimum absolute atomic E-state index is 0.235. The van der Waals surface area contributed by atoms with Gasteiger partial charge in [0, 0.05) is 26.2 Å². The van der Waals surface area contributed by atoms with Gasteiger partial charge in [-0.1, -0.05) is 0 Å². The molecule has 0 spiro atoms. The number of aromatic amines is 1. The van der Waals surface area contributed by atoms with Crippen LogP contribution in [0.4, 0.5) is 11.5 Å². The first-order valence-electron chi connectivity index (χ1n) is 7.44. The molecule has 1 N–H and O–H groups in total. The Morgan fingerprint density at radius 2 is 1.47 bits per heavy atom. The van der Waals surface area contributed by atoms with Crippen LogP contribution in [-0.2, 0) is 0 Å². The molecule has 3 rings (SSSR count). The van der Waals surface area contributed by atoms with Gasteiger partial charge in [-0.15, -0.1) is 0 Å². The zero-order chi connectivity index (χ0) is 13.1. The molecule has 0 unspecified atom stereocenters. The third-order valence-electron chi connectivity index (χ3n) is 4.14. The van der Waals surface area contributed by atoms with E-state index in [1.54, 1.807) is 6.20 Å². The summed E-state index contributed by atoms with van der Waals surface area (Å²) in [6, 6.07) is 0. The van der Waals surface area contributed by atoms with Crippen molar-refractivity contribution in [3.8, 4) is 0 Å². The summed E-state index contributed by atoms with van der Waals surface area (Å²) in [6.07, 6.45) is 9.26. The minimum atomic E-state index is -0.235. The molecular formula is C14H22N4O. The summed E-state index contributed by atoms with van der Waals surface area (Å²) in [7, 11) is 0. The smallest absolute Gasteiger partial charge is 0.346 e. The number of nitrogens with one attached hydrogen (secondary N) is 1. The van der Waals surface area contributed by atoms with E-state index in [1.165, 1.54) is 38.5 Å². The van der Waals surface area contributed by atoms with Gasteiger partial charge in [-0.05, 0) is 38.5 Å². The number of H-pyrrole nitrogens is 1. The lowest BCUT2D eigenvalue weighted by atomic mass is 10.1. The Bertz CT molecular complexity index is 473. The van der Waals surface area contributed by atoms with E-state index in [0.717, 1.165) is 37.7 Å². The molecule has 5 nitrogen and oxygen atoms in total. The second-order valence-corrected chi connectivity index (χ2v) is 5.52. The Labute approximate surface area is 113 Å². The van der Waals surface area contributed by atoms with Crippen LogP contribution in [-0.4, -0.2) is 36.1 Å². The summed E-state index contributed by atoms with van der Waals surface area (Å²) in [5.41, 5.74) is 0.877. The lowest BCUT2D eigenvalue weighted by Crippen LogP contribution is -2.36. The molecule has 0 radical (unpaired) electrons. The van der Waals surface area contributed by atoms with Gasteiger partial charge in [-0.3, -0.25) is 4.98 Å². The van der Waals surface area contributed by atoms with Gasteiger partial charge in [0.2, 0.25) is 0 Å². The van der Waals surface area contributed by atoms with E-state index in [9.17, 15) is 4.79 Å².